The fraction of sp³-hybridized carbons (Fsp3) is 0.600. The second-order valence-corrected chi connectivity index (χ2v) is 3.96. The molecule has 0 unspecified atom stereocenters. The number of hydrogen-bond acceptors (Lipinski definition) is 5. The molecule has 2 rings (SSSR count). The van der Waals surface area contributed by atoms with Crippen LogP contribution in [0.15, 0.2) is 6.20 Å². The number of morpholine rings is 1. The molecule has 0 aromatic carbocycles. The normalized spacial score (nSPS) is 20.5. The largest absolute Gasteiger partial charge is 0.416 e. The zero-order valence-corrected chi connectivity index (χ0v) is 10.0. The van der Waals surface area contributed by atoms with Gasteiger partial charge in [-0.2, -0.15) is 18.2 Å². The Balaban J connectivity index is 2.17. The van der Waals surface area contributed by atoms with E-state index < -0.39 is 24.6 Å². The number of rotatable bonds is 2. The molecule has 0 radical (unpaired) electrons. The first-order valence-electron chi connectivity index (χ1n) is 5.55. The first-order valence-corrected chi connectivity index (χ1v) is 5.55. The molecular formula is C10H12F4N4O. The van der Waals surface area contributed by atoms with Crippen LogP contribution in [0.2, 0.25) is 0 Å². The van der Waals surface area contributed by atoms with Crippen molar-refractivity contribution in [1.82, 2.24) is 9.97 Å². The molecule has 0 aliphatic carbocycles. The van der Waals surface area contributed by atoms with Gasteiger partial charge in [-0.25, -0.2) is 9.37 Å². The van der Waals surface area contributed by atoms with Crippen LogP contribution in [-0.4, -0.2) is 49.0 Å². The lowest BCUT2D eigenvalue weighted by atomic mass is 10.2. The summed E-state index contributed by atoms with van der Waals surface area (Å²) in [4.78, 5) is 8.86. The van der Waals surface area contributed by atoms with Crippen molar-refractivity contribution in [3.63, 3.8) is 0 Å². The number of ether oxygens (including phenoxy) is 1. The third kappa shape index (κ3) is 3.03. The molecule has 1 fully saturated rings. The maximum atomic E-state index is 13.2. The highest BCUT2D eigenvalue weighted by Gasteiger charge is 2.43. The lowest BCUT2D eigenvalue weighted by molar-refractivity contribution is -0.221. The first kappa shape index (κ1) is 13.8. The van der Waals surface area contributed by atoms with Crippen LogP contribution in [0, 0.1) is 5.82 Å². The average molecular weight is 280 g/mol. The van der Waals surface area contributed by atoms with E-state index in [4.69, 9.17) is 0 Å². The molecule has 0 saturated carbocycles. The summed E-state index contributed by atoms with van der Waals surface area (Å²) in [7, 11) is 1.47. The minimum atomic E-state index is -4.44. The van der Waals surface area contributed by atoms with Gasteiger partial charge in [-0.1, -0.05) is 0 Å². The predicted molar refractivity (Wildman–Crippen MR) is 59.5 cm³/mol. The zero-order valence-electron chi connectivity index (χ0n) is 10.0. The lowest BCUT2D eigenvalue weighted by Crippen LogP contribution is -2.49. The molecule has 106 valence electrons. The molecule has 0 amide bonds. The Morgan fingerprint density at radius 1 is 1.47 bits per heavy atom. The summed E-state index contributed by atoms with van der Waals surface area (Å²) >= 11 is 0. The van der Waals surface area contributed by atoms with Crippen LogP contribution in [0.4, 0.5) is 29.3 Å². The van der Waals surface area contributed by atoms with Gasteiger partial charge in [0.25, 0.3) is 0 Å². The highest BCUT2D eigenvalue weighted by atomic mass is 19.4. The van der Waals surface area contributed by atoms with Gasteiger partial charge in [0.1, 0.15) is 0 Å². The Kier molecular flexibility index (Phi) is 3.74. The summed E-state index contributed by atoms with van der Waals surface area (Å²) in [5.74, 6) is -0.671. The van der Waals surface area contributed by atoms with Crippen LogP contribution in [-0.2, 0) is 4.74 Å². The highest BCUT2D eigenvalue weighted by Crippen LogP contribution is 2.27. The summed E-state index contributed by atoms with van der Waals surface area (Å²) in [6.07, 6.45) is -5.40. The van der Waals surface area contributed by atoms with Gasteiger partial charge < -0.3 is 15.0 Å². The fourth-order valence-electron chi connectivity index (χ4n) is 1.71. The van der Waals surface area contributed by atoms with Crippen LogP contribution in [0.5, 0.6) is 0 Å². The molecule has 1 aliphatic heterocycles. The molecule has 1 aliphatic rings. The van der Waals surface area contributed by atoms with Gasteiger partial charge in [-0.05, 0) is 0 Å². The third-order valence-corrected chi connectivity index (χ3v) is 2.68. The van der Waals surface area contributed by atoms with E-state index in [1.54, 1.807) is 0 Å². The van der Waals surface area contributed by atoms with E-state index in [1.165, 1.54) is 11.9 Å². The number of hydrogen-bond donors (Lipinski definition) is 1. The number of nitrogens with zero attached hydrogens (tertiary/aromatic N) is 3. The van der Waals surface area contributed by atoms with E-state index in [-0.39, 0.29) is 24.9 Å². The second-order valence-electron chi connectivity index (χ2n) is 3.96. The van der Waals surface area contributed by atoms with Gasteiger partial charge in [0.15, 0.2) is 17.7 Å². The van der Waals surface area contributed by atoms with Crippen molar-refractivity contribution >= 4 is 11.8 Å². The van der Waals surface area contributed by atoms with Gasteiger partial charge in [-0.3, -0.25) is 0 Å². The Bertz CT molecular complexity index is 454. The Hall–Kier alpha value is -1.64. The predicted octanol–water partition coefficient (Wildman–Crippen LogP) is 1.42. The standard InChI is InChI=1S/C10H12F4N4O/c1-15-8-6(11)4-16-9(17-8)18-2-3-19-7(5-18)10(12,13)14/h4,7H,2-3,5H2,1H3,(H,15,16,17)/t7-/m0/s1. The number of alkyl halides is 3. The topological polar surface area (TPSA) is 50.3 Å². The number of nitrogens with one attached hydrogen (secondary N) is 1. The van der Waals surface area contributed by atoms with Crippen molar-refractivity contribution in [2.75, 3.05) is 37.0 Å². The van der Waals surface area contributed by atoms with E-state index in [0.29, 0.717) is 0 Å². The van der Waals surface area contributed by atoms with E-state index in [0.717, 1.165) is 6.20 Å². The van der Waals surface area contributed by atoms with Crippen molar-refractivity contribution in [3.05, 3.63) is 12.0 Å². The van der Waals surface area contributed by atoms with Gasteiger partial charge in [0.05, 0.1) is 19.3 Å². The van der Waals surface area contributed by atoms with E-state index in [1.807, 2.05) is 0 Å². The molecule has 2 heterocycles. The molecule has 1 aromatic heterocycles. The minimum Gasteiger partial charge on any atom is -0.371 e. The lowest BCUT2D eigenvalue weighted by Gasteiger charge is -2.33. The Morgan fingerprint density at radius 3 is 2.84 bits per heavy atom. The monoisotopic (exact) mass is 280 g/mol. The molecule has 5 nitrogen and oxygen atoms in total. The second kappa shape index (κ2) is 5.16. The Morgan fingerprint density at radius 2 is 2.21 bits per heavy atom. The fourth-order valence-corrected chi connectivity index (χ4v) is 1.71. The van der Waals surface area contributed by atoms with Gasteiger partial charge in [0.2, 0.25) is 5.95 Å². The minimum absolute atomic E-state index is 0.0447. The van der Waals surface area contributed by atoms with E-state index in [2.05, 4.69) is 20.0 Å². The quantitative estimate of drug-likeness (QED) is 0.830. The van der Waals surface area contributed by atoms with Crippen molar-refractivity contribution in [2.45, 2.75) is 12.3 Å². The summed E-state index contributed by atoms with van der Waals surface area (Å²) in [5, 5.41) is 2.51. The molecule has 1 N–H and O–H groups in total. The third-order valence-electron chi connectivity index (χ3n) is 2.68. The van der Waals surface area contributed by atoms with E-state index in [9.17, 15) is 17.6 Å². The van der Waals surface area contributed by atoms with Gasteiger partial charge >= 0.3 is 6.18 Å². The number of aromatic nitrogens is 2. The van der Waals surface area contributed by atoms with Crippen LogP contribution in [0.1, 0.15) is 0 Å². The molecule has 19 heavy (non-hydrogen) atoms. The van der Waals surface area contributed by atoms with Gasteiger partial charge in [0, 0.05) is 13.6 Å². The van der Waals surface area contributed by atoms with Gasteiger partial charge in [-0.15, -0.1) is 0 Å². The molecule has 9 heteroatoms. The Labute approximate surface area is 106 Å². The molecule has 0 bridgehead atoms. The average Bonchev–Trinajstić information content (AvgIpc) is 2.38. The maximum Gasteiger partial charge on any atom is 0.416 e. The maximum absolute atomic E-state index is 13.2. The summed E-state index contributed by atoms with van der Waals surface area (Å²) in [6.45, 7) is -0.264. The van der Waals surface area contributed by atoms with Crippen LogP contribution < -0.4 is 10.2 Å². The molecule has 1 atom stereocenters. The SMILES string of the molecule is CNc1nc(N2CCO[C@H](C(F)(F)F)C2)ncc1F. The van der Waals surface area contributed by atoms with Crippen molar-refractivity contribution in [1.29, 1.82) is 0 Å². The van der Waals surface area contributed by atoms with Crippen LogP contribution in [0.3, 0.4) is 0 Å². The molecule has 1 aromatic rings. The van der Waals surface area contributed by atoms with Crippen molar-refractivity contribution < 1.29 is 22.3 Å². The van der Waals surface area contributed by atoms with Crippen molar-refractivity contribution in [3.8, 4) is 0 Å². The van der Waals surface area contributed by atoms with Crippen LogP contribution in [0.25, 0.3) is 0 Å². The summed E-state index contributed by atoms with van der Waals surface area (Å²) in [5.41, 5.74) is 0. The molecule has 0 spiro atoms. The molecule has 1 saturated heterocycles. The van der Waals surface area contributed by atoms with Crippen molar-refractivity contribution in [2.24, 2.45) is 0 Å². The van der Waals surface area contributed by atoms with E-state index >= 15 is 0 Å². The summed E-state index contributed by atoms with van der Waals surface area (Å²) < 4.78 is 55.6. The smallest absolute Gasteiger partial charge is 0.371 e. The number of anilines is 2. The first-order chi connectivity index (χ1) is 8.91. The van der Waals surface area contributed by atoms with Crippen LogP contribution >= 0.6 is 0 Å². The summed E-state index contributed by atoms with van der Waals surface area (Å²) in [6, 6.07) is 0. The molecular weight excluding hydrogens is 268 g/mol. The highest BCUT2D eigenvalue weighted by molar-refractivity contribution is 5.42. The zero-order chi connectivity index (χ0) is 14.0. The number of halogens is 4.